The molecule has 1 aromatic carbocycles. The Kier molecular flexibility index (Phi) is 4.77. The van der Waals surface area contributed by atoms with Crippen LogP contribution in [0.4, 0.5) is 10.1 Å². The normalized spacial score (nSPS) is 19.5. The third-order valence-corrected chi connectivity index (χ3v) is 3.83. The van der Waals surface area contributed by atoms with Crippen LogP contribution in [0.5, 0.6) is 0 Å². The second-order valence-corrected chi connectivity index (χ2v) is 5.24. The summed E-state index contributed by atoms with van der Waals surface area (Å²) in [5.41, 5.74) is 1.19. The molecule has 0 spiro atoms. The fourth-order valence-electron chi connectivity index (χ4n) is 2.67. The van der Waals surface area contributed by atoms with Crippen molar-refractivity contribution >= 4 is 17.7 Å². The predicted molar refractivity (Wildman–Crippen MR) is 78.3 cm³/mol. The molecule has 4 heteroatoms. The second-order valence-electron chi connectivity index (χ2n) is 5.24. The average Bonchev–Trinajstić information content (AvgIpc) is 2.45. The zero-order chi connectivity index (χ0) is 14.5. The number of piperidine rings is 1. The number of hydrogen-bond acceptors (Lipinski definition) is 2. The summed E-state index contributed by atoms with van der Waals surface area (Å²) in [6, 6.07) is 4.90. The Labute approximate surface area is 118 Å². The summed E-state index contributed by atoms with van der Waals surface area (Å²) in [5.74, 6) is -0.680. The first-order chi connectivity index (χ1) is 9.60. The highest BCUT2D eigenvalue weighted by Gasteiger charge is 2.20. The third kappa shape index (κ3) is 3.59. The predicted octanol–water partition coefficient (Wildman–Crippen LogP) is 3.55. The van der Waals surface area contributed by atoms with Gasteiger partial charge in [0.2, 0.25) is 0 Å². The lowest BCUT2D eigenvalue weighted by Gasteiger charge is -2.34. The maximum atomic E-state index is 14.2. The Morgan fingerprint density at radius 1 is 1.55 bits per heavy atom. The van der Waals surface area contributed by atoms with Crippen LogP contribution in [-0.4, -0.2) is 24.2 Å². The van der Waals surface area contributed by atoms with Gasteiger partial charge in [-0.3, -0.25) is 0 Å². The van der Waals surface area contributed by atoms with Gasteiger partial charge in [0.05, 0.1) is 5.69 Å². The van der Waals surface area contributed by atoms with Gasteiger partial charge < -0.3 is 10.0 Å². The number of carbonyl (C=O) groups is 1. The van der Waals surface area contributed by atoms with Gasteiger partial charge in [-0.05, 0) is 42.5 Å². The van der Waals surface area contributed by atoms with Gasteiger partial charge >= 0.3 is 5.97 Å². The summed E-state index contributed by atoms with van der Waals surface area (Å²) in [6.45, 7) is 3.96. The molecule has 1 aliphatic rings. The Morgan fingerprint density at radius 2 is 2.35 bits per heavy atom. The van der Waals surface area contributed by atoms with Crippen molar-refractivity contribution in [2.45, 2.75) is 26.2 Å². The molecule has 1 saturated heterocycles. The van der Waals surface area contributed by atoms with Crippen molar-refractivity contribution < 1.29 is 14.3 Å². The first-order valence-electron chi connectivity index (χ1n) is 7.05. The molecule has 0 saturated carbocycles. The summed E-state index contributed by atoms with van der Waals surface area (Å²) < 4.78 is 14.2. The lowest BCUT2D eigenvalue weighted by molar-refractivity contribution is -0.131. The molecular weight excluding hydrogens is 257 g/mol. The van der Waals surface area contributed by atoms with Gasteiger partial charge in [-0.2, -0.15) is 0 Å². The summed E-state index contributed by atoms with van der Waals surface area (Å²) in [7, 11) is 0. The molecule has 1 atom stereocenters. The fourth-order valence-corrected chi connectivity index (χ4v) is 2.67. The highest BCUT2D eigenvalue weighted by molar-refractivity contribution is 5.85. The van der Waals surface area contributed by atoms with Crippen molar-refractivity contribution in [3.05, 3.63) is 35.7 Å². The van der Waals surface area contributed by atoms with Gasteiger partial charge in [-0.15, -0.1) is 0 Å². The lowest BCUT2D eigenvalue weighted by atomic mass is 9.95. The molecule has 0 bridgehead atoms. The van der Waals surface area contributed by atoms with E-state index in [0.29, 0.717) is 17.2 Å². The molecule has 1 aliphatic heterocycles. The molecule has 0 aromatic heterocycles. The molecular formula is C16H20FNO2. The molecule has 3 nitrogen and oxygen atoms in total. The van der Waals surface area contributed by atoms with Crippen molar-refractivity contribution in [2.24, 2.45) is 5.92 Å². The van der Waals surface area contributed by atoms with Crippen LogP contribution in [0.3, 0.4) is 0 Å². The zero-order valence-electron chi connectivity index (χ0n) is 11.7. The maximum Gasteiger partial charge on any atom is 0.328 e. The number of halogens is 1. The number of carboxylic acids is 1. The van der Waals surface area contributed by atoms with E-state index in [-0.39, 0.29) is 5.82 Å². The van der Waals surface area contributed by atoms with Crippen LogP contribution in [0.1, 0.15) is 31.7 Å². The molecule has 0 radical (unpaired) electrons. The maximum absolute atomic E-state index is 14.2. The molecule has 1 aromatic rings. The molecule has 1 heterocycles. The number of anilines is 1. The first-order valence-corrected chi connectivity index (χ1v) is 7.05. The van der Waals surface area contributed by atoms with Gasteiger partial charge in [-0.1, -0.05) is 19.4 Å². The highest BCUT2D eigenvalue weighted by Crippen LogP contribution is 2.27. The fraction of sp³-hybridized carbons (Fsp3) is 0.438. The smallest absolute Gasteiger partial charge is 0.328 e. The largest absolute Gasteiger partial charge is 0.478 e. The van der Waals surface area contributed by atoms with E-state index >= 15 is 0 Å². The standard InChI is InChI=1S/C16H20FNO2/c1-2-12-4-3-9-18(11-12)15-7-5-13(10-14(15)17)6-8-16(19)20/h5-8,10,12H,2-4,9,11H2,1H3,(H,19,20)/b8-6+. The van der Waals surface area contributed by atoms with Crippen molar-refractivity contribution in [3.8, 4) is 0 Å². The number of hydrogen-bond donors (Lipinski definition) is 1. The monoisotopic (exact) mass is 277 g/mol. The SMILES string of the molecule is CCC1CCCN(c2ccc(/C=C/C(=O)O)cc2F)C1. The van der Waals surface area contributed by atoms with Crippen molar-refractivity contribution in [1.29, 1.82) is 0 Å². The van der Waals surface area contributed by atoms with Crippen molar-refractivity contribution in [1.82, 2.24) is 0 Å². The summed E-state index contributed by atoms with van der Waals surface area (Å²) >= 11 is 0. The van der Waals surface area contributed by atoms with Crippen LogP contribution in [0.15, 0.2) is 24.3 Å². The molecule has 108 valence electrons. The molecule has 20 heavy (non-hydrogen) atoms. The molecule has 1 N–H and O–H groups in total. The van der Waals surface area contributed by atoms with E-state index in [2.05, 4.69) is 11.8 Å². The topological polar surface area (TPSA) is 40.5 Å². The van der Waals surface area contributed by atoms with Crippen LogP contribution in [0, 0.1) is 11.7 Å². The van der Waals surface area contributed by atoms with Gasteiger partial charge in [0, 0.05) is 19.2 Å². The lowest BCUT2D eigenvalue weighted by Crippen LogP contribution is -2.35. The Bertz CT molecular complexity index is 513. The minimum atomic E-state index is -1.03. The van der Waals surface area contributed by atoms with Crippen molar-refractivity contribution in [2.75, 3.05) is 18.0 Å². The van der Waals surface area contributed by atoms with E-state index in [0.717, 1.165) is 32.0 Å². The molecule has 1 fully saturated rings. The van der Waals surface area contributed by atoms with E-state index in [9.17, 15) is 9.18 Å². The van der Waals surface area contributed by atoms with Crippen LogP contribution in [-0.2, 0) is 4.79 Å². The van der Waals surface area contributed by atoms with E-state index in [4.69, 9.17) is 5.11 Å². The molecule has 2 rings (SSSR count). The molecule has 0 aliphatic carbocycles. The van der Waals surface area contributed by atoms with Crippen LogP contribution in [0.2, 0.25) is 0 Å². The minimum Gasteiger partial charge on any atom is -0.478 e. The van der Waals surface area contributed by atoms with E-state index in [1.807, 2.05) is 0 Å². The summed E-state index contributed by atoms with van der Waals surface area (Å²) in [4.78, 5) is 12.5. The molecule has 0 amide bonds. The van der Waals surface area contributed by atoms with Gasteiger partial charge in [0.25, 0.3) is 0 Å². The number of carboxylic acid groups (broad SMARTS) is 1. The summed E-state index contributed by atoms with van der Waals surface area (Å²) in [5, 5.41) is 8.57. The van der Waals surface area contributed by atoms with Gasteiger partial charge in [0.15, 0.2) is 0 Å². The second kappa shape index (κ2) is 6.55. The van der Waals surface area contributed by atoms with Crippen LogP contribution in [0.25, 0.3) is 6.08 Å². The van der Waals surface area contributed by atoms with Crippen LogP contribution < -0.4 is 4.90 Å². The Hall–Kier alpha value is -1.84. The van der Waals surface area contributed by atoms with Gasteiger partial charge in [-0.25, -0.2) is 9.18 Å². The number of nitrogens with zero attached hydrogens (tertiary/aromatic N) is 1. The Morgan fingerprint density at radius 3 is 3.00 bits per heavy atom. The Balaban J connectivity index is 2.15. The zero-order valence-corrected chi connectivity index (χ0v) is 11.7. The van der Waals surface area contributed by atoms with E-state index in [1.165, 1.54) is 18.6 Å². The average molecular weight is 277 g/mol. The van der Waals surface area contributed by atoms with Crippen LogP contribution >= 0.6 is 0 Å². The van der Waals surface area contributed by atoms with E-state index < -0.39 is 5.97 Å². The highest BCUT2D eigenvalue weighted by atomic mass is 19.1. The third-order valence-electron chi connectivity index (χ3n) is 3.83. The molecule has 1 unspecified atom stereocenters. The summed E-state index contributed by atoms with van der Waals surface area (Å²) in [6.07, 6.45) is 5.85. The number of aliphatic carboxylic acids is 1. The van der Waals surface area contributed by atoms with Crippen molar-refractivity contribution in [3.63, 3.8) is 0 Å². The first kappa shape index (κ1) is 14.6. The van der Waals surface area contributed by atoms with Gasteiger partial charge in [0.1, 0.15) is 5.82 Å². The quantitative estimate of drug-likeness (QED) is 0.856. The number of benzene rings is 1. The van der Waals surface area contributed by atoms with E-state index in [1.54, 1.807) is 12.1 Å². The number of rotatable bonds is 4. The minimum absolute atomic E-state index is 0.283.